The molecule has 1 heterocycles. The van der Waals surface area contributed by atoms with Crippen molar-refractivity contribution in [3.8, 4) is 0 Å². The molecule has 0 radical (unpaired) electrons. The third-order valence-corrected chi connectivity index (χ3v) is 1.50. The average Bonchev–Trinajstić information content (AvgIpc) is 2.05. The van der Waals surface area contributed by atoms with Crippen LogP contribution in [0.2, 0.25) is 0 Å². The highest BCUT2D eigenvalue weighted by Crippen LogP contribution is 2.05. The predicted octanol–water partition coefficient (Wildman–Crippen LogP) is 0.901. The van der Waals surface area contributed by atoms with Gasteiger partial charge in [-0.05, 0) is 13.0 Å². The van der Waals surface area contributed by atoms with E-state index in [9.17, 15) is 9.59 Å². The van der Waals surface area contributed by atoms with Crippen LogP contribution in [0.1, 0.15) is 26.4 Å². The SMILES string of the molecule is Cc1ncc(C(=O)O)cc1C=O. The van der Waals surface area contributed by atoms with Gasteiger partial charge in [0.1, 0.15) is 0 Å². The summed E-state index contributed by atoms with van der Waals surface area (Å²) in [4.78, 5) is 24.6. The zero-order valence-corrected chi connectivity index (χ0v) is 6.44. The molecule has 0 unspecified atom stereocenters. The van der Waals surface area contributed by atoms with E-state index >= 15 is 0 Å². The molecule has 62 valence electrons. The normalized spacial score (nSPS) is 9.42. The third kappa shape index (κ3) is 1.47. The average molecular weight is 165 g/mol. The van der Waals surface area contributed by atoms with Gasteiger partial charge in [0.2, 0.25) is 0 Å². The van der Waals surface area contributed by atoms with Gasteiger partial charge in [0, 0.05) is 17.5 Å². The van der Waals surface area contributed by atoms with Crippen molar-refractivity contribution in [1.29, 1.82) is 0 Å². The number of carbonyl (C=O) groups is 2. The van der Waals surface area contributed by atoms with E-state index in [1.165, 1.54) is 12.3 Å². The fourth-order valence-corrected chi connectivity index (χ4v) is 0.786. The minimum atomic E-state index is -1.08. The van der Waals surface area contributed by atoms with Crippen LogP contribution < -0.4 is 0 Å². The van der Waals surface area contributed by atoms with Crippen molar-refractivity contribution in [1.82, 2.24) is 4.98 Å². The van der Waals surface area contributed by atoms with Gasteiger partial charge in [0.05, 0.1) is 5.56 Å². The number of rotatable bonds is 2. The summed E-state index contributed by atoms with van der Waals surface area (Å²) in [7, 11) is 0. The highest BCUT2D eigenvalue weighted by molar-refractivity contribution is 5.89. The van der Waals surface area contributed by atoms with Gasteiger partial charge < -0.3 is 5.11 Å². The largest absolute Gasteiger partial charge is 0.478 e. The molecular weight excluding hydrogens is 158 g/mol. The lowest BCUT2D eigenvalue weighted by molar-refractivity contribution is 0.0696. The number of aryl methyl sites for hydroxylation is 1. The first-order valence-corrected chi connectivity index (χ1v) is 3.30. The summed E-state index contributed by atoms with van der Waals surface area (Å²) in [6.45, 7) is 1.65. The number of aromatic carboxylic acids is 1. The number of hydrogen-bond donors (Lipinski definition) is 1. The van der Waals surface area contributed by atoms with Crippen molar-refractivity contribution >= 4 is 12.3 Å². The Balaban J connectivity index is 3.22. The molecular formula is C8H7NO3. The lowest BCUT2D eigenvalue weighted by Gasteiger charge is -1.97. The first-order valence-electron chi connectivity index (χ1n) is 3.30. The van der Waals surface area contributed by atoms with E-state index in [4.69, 9.17) is 5.11 Å². The molecule has 1 rings (SSSR count). The molecule has 0 saturated heterocycles. The Hall–Kier alpha value is -1.71. The Morgan fingerprint density at radius 2 is 2.33 bits per heavy atom. The summed E-state index contributed by atoms with van der Waals surface area (Å²) in [5, 5.41) is 8.54. The summed E-state index contributed by atoms with van der Waals surface area (Å²) in [6, 6.07) is 1.30. The van der Waals surface area contributed by atoms with Gasteiger partial charge in [0.15, 0.2) is 6.29 Å². The maximum atomic E-state index is 10.4. The Kier molecular flexibility index (Phi) is 2.19. The van der Waals surface area contributed by atoms with Crippen LogP contribution in [0, 0.1) is 6.92 Å². The molecule has 0 amide bonds. The van der Waals surface area contributed by atoms with Crippen LogP contribution in [0.15, 0.2) is 12.3 Å². The van der Waals surface area contributed by atoms with Crippen molar-refractivity contribution in [2.45, 2.75) is 6.92 Å². The van der Waals surface area contributed by atoms with E-state index in [-0.39, 0.29) is 5.56 Å². The fraction of sp³-hybridized carbons (Fsp3) is 0.125. The van der Waals surface area contributed by atoms with Crippen molar-refractivity contribution in [3.63, 3.8) is 0 Å². The molecule has 0 fully saturated rings. The smallest absolute Gasteiger partial charge is 0.337 e. The molecule has 1 aromatic heterocycles. The van der Waals surface area contributed by atoms with Crippen molar-refractivity contribution in [2.75, 3.05) is 0 Å². The molecule has 0 aliphatic heterocycles. The molecule has 4 heteroatoms. The van der Waals surface area contributed by atoms with Crippen molar-refractivity contribution < 1.29 is 14.7 Å². The van der Waals surface area contributed by atoms with Crippen LogP contribution in [0.3, 0.4) is 0 Å². The second-order valence-corrected chi connectivity index (χ2v) is 2.32. The first kappa shape index (κ1) is 8.39. The van der Waals surface area contributed by atoms with E-state index in [2.05, 4.69) is 4.98 Å². The van der Waals surface area contributed by atoms with Crippen LogP contribution in [0.4, 0.5) is 0 Å². The standard InChI is InChI=1S/C8H7NO3/c1-5-7(4-10)2-6(3-9-5)8(11)12/h2-4H,1H3,(H,11,12). The van der Waals surface area contributed by atoms with Crippen LogP contribution in [0.5, 0.6) is 0 Å². The highest BCUT2D eigenvalue weighted by atomic mass is 16.4. The van der Waals surface area contributed by atoms with Crippen LogP contribution >= 0.6 is 0 Å². The van der Waals surface area contributed by atoms with Gasteiger partial charge in [0.25, 0.3) is 0 Å². The van der Waals surface area contributed by atoms with Crippen LogP contribution in [-0.4, -0.2) is 22.3 Å². The molecule has 0 saturated carbocycles. The number of aldehydes is 1. The Bertz CT molecular complexity index is 333. The molecule has 1 aromatic rings. The molecule has 12 heavy (non-hydrogen) atoms. The number of hydrogen-bond acceptors (Lipinski definition) is 3. The zero-order chi connectivity index (χ0) is 9.14. The van der Waals surface area contributed by atoms with Gasteiger partial charge in [-0.1, -0.05) is 0 Å². The van der Waals surface area contributed by atoms with Crippen molar-refractivity contribution in [2.24, 2.45) is 0 Å². The lowest BCUT2D eigenvalue weighted by atomic mass is 10.1. The maximum absolute atomic E-state index is 10.4. The number of aromatic nitrogens is 1. The van der Waals surface area contributed by atoms with E-state index in [1.807, 2.05) is 0 Å². The molecule has 4 nitrogen and oxygen atoms in total. The quantitative estimate of drug-likeness (QED) is 0.661. The number of carboxylic acids is 1. The van der Waals surface area contributed by atoms with E-state index in [0.717, 1.165) is 0 Å². The maximum Gasteiger partial charge on any atom is 0.337 e. The molecule has 0 aromatic carbocycles. The van der Waals surface area contributed by atoms with Crippen LogP contribution in [-0.2, 0) is 0 Å². The number of pyridine rings is 1. The number of nitrogens with zero attached hydrogens (tertiary/aromatic N) is 1. The Morgan fingerprint density at radius 1 is 1.67 bits per heavy atom. The third-order valence-electron chi connectivity index (χ3n) is 1.50. The topological polar surface area (TPSA) is 67.3 Å². The molecule has 0 spiro atoms. The minimum absolute atomic E-state index is 0.0303. The lowest BCUT2D eigenvalue weighted by Crippen LogP contribution is -2.00. The molecule has 0 atom stereocenters. The Morgan fingerprint density at radius 3 is 2.83 bits per heavy atom. The van der Waals surface area contributed by atoms with Gasteiger partial charge in [-0.15, -0.1) is 0 Å². The monoisotopic (exact) mass is 165 g/mol. The second kappa shape index (κ2) is 3.13. The van der Waals surface area contributed by atoms with E-state index in [1.54, 1.807) is 6.92 Å². The van der Waals surface area contributed by atoms with Gasteiger partial charge in [-0.25, -0.2) is 4.79 Å². The van der Waals surface area contributed by atoms with Gasteiger partial charge in [-0.3, -0.25) is 9.78 Å². The molecule has 1 N–H and O–H groups in total. The highest BCUT2D eigenvalue weighted by Gasteiger charge is 2.05. The van der Waals surface area contributed by atoms with Gasteiger partial charge in [-0.2, -0.15) is 0 Å². The summed E-state index contributed by atoms with van der Waals surface area (Å²) in [6.07, 6.45) is 1.82. The minimum Gasteiger partial charge on any atom is -0.478 e. The predicted molar refractivity (Wildman–Crippen MR) is 41.3 cm³/mol. The van der Waals surface area contributed by atoms with Gasteiger partial charge >= 0.3 is 5.97 Å². The van der Waals surface area contributed by atoms with Crippen molar-refractivity contribution in [3.05, 3.63) is 29.1 Å². The van der Waals surface area contributed by atoms with Crippen LogP contribution in [0.25, 0.3) is 0 Å². The summed E-state index contributed by atoms with van der Waals surface area (Å²) >= 11 is 0. The summed E-state index contributed by atoms with van der Waals surface area (Å²) in [5.41, 5.74) is 0.882. The zero-order valence-electron chi connectivity index (χ0n) is 6.44. The fourth-order valence-electron chi connectivity index (χ4n) is 0.786. The number of carbonyl (C=O) groups excluding carboxylic acids is 1. The first-order chi connectivity index (χ1) is 5.65. The summed E-state index contributed by atoms with van der Waals surface area (Å²) < 4.78 is 0. The van der Waals surface area contributed by atoms with E-state index < -0.39 is 5.97 Å². The molecule has 0 aliphatic carbocycles. The van der Waals surface area contributed by atoms with E-state index in [0.29, 0.717) is 17.5 Å². The summed E-state index contributed by atoms with van der Waals surface area (Å²) in [5.74, 6) is -1.08. The number of carboxylic acid groups (broad SMARTS) is 1. The molecule has 0 aliphatic rings. The molecule has 0 bridgehead atoms. The second-order valence-electron chi connectivity index (χ2n) is 2.32. The Labute approximate surface area is 68.9 Å².